The Hall–Kier alpha value is -0.870. The SMILES string of the molecule is Cc1c(Br)cccc1C(=O)N1CCC2(O)CCCCC2C1. The van der Waals surface area contributed by atoms with Crippen LogP contribution < -0.4 is 0 Å². The summed E-state index contributed by atoms with van der Waals surface area (Å²) in [5.41, 5.74) is 1.24. The van der Waals surface area contributed by atoms with Gasteiger partial charge in [-0.2, -0.15) is 0 Å². The maximum Gasteiger partial charge on any atom is 0.254 e. The summed E-state index contributed by atoms with van der Waals surface area (Å²) in [6, 6.07) is 5.76. The molecule has 1 amide bonds. The minimum absolute atomic E-state index is 0.0985. The number of hydrogen-bond acceptors (Lipinski definition) is 2. The van der Waals surface area contributed by atoms with Gasteiger partial charge in [-0.25, -0.2) is 0 Å². The van der Waals surface area contributed by atoms with Crippen LogP contribution in [0.15, 0.2) is 22.7 Å². The van der Waals surface area contributed by atoms with Gasteiger partial charge in [0.2, 0.25) is 0 Å². The molecule has 1 aliphatic carbocycles. The number of fused-ring (bicyclic) bond motifs is 1. The minimum Gasteiger partial charge on any atom is -0.389 e. The van der Waals surface area contributed by atoms with Crippen LogP contribution in [0.5, 0.6) is 0 Å². The summed E-state index contributed by atoms with van der Waals surface area (Å²) < 4.78 is 0.972. The molecular formula is C17H22BrNO2. The lowest BCUT2D eigenvalue weighted by Gasteiger charge is -2.47. The average Bonchev–Trinajstić information content (AvgIpc) is 2.48. The number of aliphatic hydroxyl groups is 1. The molecule has 1 heterocycles. The number of amides is 1. The van der Waals surface area contributed by atoms with Gasteiger partial charge in [-0.3, -0.25) is 4.79 Å². The van der Waals surface area contributed by atoms with Gasteiger partial charge in [-0.15, -0.1) is 0 Å². The number of carbonyl (C=O) groups excluding carboxylic acids is 1. The van der Waals surface area contributed by atoms with Crippen molar-refractivity contribution >= 4 is 21.8 Å². The van der Waals surface area contributed by atoms with E-state index in [4.69, 9.17) is 0 Å². The van der Waals surface area contributed by atoms with E-state index in [0.717, 1.165) is 41.3 Å². The van der Waals surface area contributed by atoms with E-state index in [-0.39, 0.29) is 11.8 Å². The van der Waals surface area contributed by atoms with Crippen molar-refractivity contribution in [3.63, 3.8) is 0 Å². The smallest absolute Gasteiger partial charge is 0.254 e. The first-order valence-corrected chi connectivity index (χ1v) is 8.57. The van der Waals surface area contributed by atoms with E-state index >= 15 is 0 Å². The second-order valence-electron chi connectivity index (χ2n) is 6.46. The van der Waals surface area contributed by atoms with E-state index in [1.165, 1.54) is 6.42 Å². The summed E-state index contributed by atoms with van der Waals surface area (Å²) in [5.74, 6) is 0.345. The Balaban J connectivity index is 1.79. The largest absolute Gasteiger partial charge is 0.389 e. The fourth-order valence-electron chi connectivity index (χ4n) is 3.76. The number of rotatable bonds is 1. The predicted octanol–water partition coefficient (Wildman–Crippen LogP) is 3.52. The molecule has 2 unspecified atom stereocenters. The first kappa shape index (κ1) is 15.0. The molecule has 2 atom stereocenters. The van der Waals surface area contributed by atoms with Gasteiger partial charge in [0.15, 0.2) is 0 Å². The zero-order valence-corrected chi connectivity index (χ0v) is 14.0. The van der Waals surface area contributed by atoms with Crippen LogP contribution >= 0.6 is 15.9 Å². The van der Waals surface area contributed by atoms with Gasteiger partial charge >= 0.3 is 0 Å². The molecule has 1 saturated heterocycles. The molecule has 3 nitrogen and oxygen atoms in total. The average molecular weight is 352 g/mol. The van der Waals surface area contributed by atoms with Crippen LogP contribution in [0.3, 0.4) is 0 Å². The van der Waals surface area contributed by atoms with Gasteiger partial charge in [0.25, 0.3) is 5.91 Å². The molecule has 1 aromatic rings. The molecule has 3 rings (SSSR count). The van der Waals surface area contributed by atoms with Gasteiger partial charge in [0.1, 0.15) is 0 Å². The highest BCUT2D eigenvalue weighted by molar-refractivity contribution is 9.10. The highest BCUT2D eigenvalue weighted by Gasteiger charge is 2.43. The maximum atomic E-state index is 12.8. The molecule has 21 heavy (non-hydrogen) atoms. The highest BCUT2D eigenvalue weighted by atomic mass is 79.9. The molecule has 1 saturated carbocycles. The zero-order chi connectivity index (χ0) is 15.0. The number of benzene rings is 1. The Labute approximate surface area is 134 Å². The van der Waals surface area contributed by atoms with Crippen molar-refractivity contribution in [2.75, 3.05) is 13.1 Å². The molecule has 2 fully saturated rings. The fourth-order valence-corrected chi connectivity index (χ4v) is 4.13. The lowest BCUT2D eigenvalue weighted by molar-refractivity contribution is -0.0886. The van der Waals surface area contributed by atoms with E-state index in [9.17, 15) is 9.90 Å². The number of likely N-dealkylation sites (tertiary alicyclic amines) is 1. The Morgan fingerprint density at radius 1 is 1.38 bits per heavy atom. The van der Waals surface area contributed by atoms with Crippen molar-refractivity contribution in [2.45, 2.75) is 44.6 Å². The summed E-state index contributed by atoms with van der Waals surface area (Å²) in [7, 11) is 0. The summed E-state index contributed by atoms with van der Waals surface area (Å²) >= 11 is 3.49. The highest BCUT2D eigenvalue weighted by Crippen LogP contribution is 2.40. The quantitative estimate of drug-likeness (QED) is 0.840. The van der Waals surface area contributed by atoms with E-state index in [2.05, 4.69) is 15.9 Å². The monoisotopic (exact) mass is 351 g/mol. The zero-order valence-electron chi connectivity index (χ0n) is 12.4. The van der Waals surface area contributed by atoms with E-state index in [1.54, 1.807) is 0 Å². The standard InChI is InChI=1S/C17H22BrNO2/c1-12-14(6-4-7-15(12)18)16(20)19-10-9-17(21)8-3-2-5-13(17)11-19/h4,6-7,13,21H,2-3,5,8-11H2,1H3. The summed E-state index contributed by atoms with van der Waals surface area (Å²) in [5, 5.41) is 10.7. The number of nitrogens with zero attached hydrogens (tertiary/aromatic N) is 1. The second kappa shape index (κ2) is 5.73. The number of carbonyl (C=O) groups is 1. The van der Waals surface area contributed by atoms with Gasteiger partial charge in [0, 0.05) is 29.0 Å². The molecule has 1 N–H and O–H groups in total. The second-order valence-corrected chi connectivity index (χ2v) is 7.31. The summed E-state index contributed by atoms with van der Waals surface area (Å²) in [6.45, 7) is 3.33. The molecule has 2 aliphatic rings. The predicted molar refractivity (Wildman–Crippen MR) is 86.3 cm³/mol. The number of piperidine rings is 1. The normalized spacial score (nSPS) is 29.1. The van der Waals surface area contributed by atoms with Crippen molar-refractivity contribution in [3.8, 4) is 0 Å². The van der Waals surface area contributed by atoms with Crippen molar-refractivity contribution in [2.24, 2.45) is 5.92 Å². The van der Waals surface area contributed by atoms with Gasteiger partial charge in [-0.05, 0) is 43.9 Å². The lowest BCUT2D eigenvalue weighted by atomic mass is 9.71. The van der Waals surface area contributed by atoms with E-state index in [0.29, 0.717) is 13.1 Å². The van der Waals surface area contributed by atoms with Crippen LogP contribution in [0.1, 0.15) is 48.0 Å². The molecule has 0 bridgehead atoms. The van der Waals surface area contributed by atoms with Crippen LogP contribution in [-0.2, 0) is 0 Å². The van der Waals surface area contributed by atoms with Gasteiger partial charge in [-0.1, -0.05) is 34.8 Å². The van der Waals surface area contributed by atoms with Gasteiger partial charge in [0.05, 0.1) is 5.60 Å². The summed E-state index contributed by atoms with van der Waals surface area (Å²) in [6.07, 6.45) is 4.94. The molecule has 1 aliphatic heterocycles. The summed E-state index contributed by atoms with van der Waals surface area (Å²) in [4.78, 5) is 14.7. The Kier molecular flexibility index (Phi) is 4.10. The van der Waals surface area contributed by atoms with Crippen molar-refractivity contribution < 1.29 is 9.90 Å². The molecular weight excluding hydrogens is 330 g/mol. The molecule has 0 spiro atoms. The van der Waals surface area contributed by atoms with Gasteiger partial charge < -0.3 is 10.0 Å². The lowest BCUT2D eigenvalue weighted by Crippen LogP contribution is -2.54. The first-order valence-electron chi connectivity index (χ1n) is 7.78. The van der Waals surface area contributed by atoms with E-state index in [1.807, 2.05) is 30.0 Å². The Morgan fingerprint density at radius 2 is 2.19 bits per heavy atom. The van der Waals surface area contributed by atoms with Crippen LogP contribution in [0.4, 0.5) is 0 Å². The van der Waals surface area contributed by atoms with Crippen LogP contribution in [0.25, 0.3) is 0 Å². The molecule has 114 valence electrons. The first-order chi connectivity index (χ1) is 10.0. The molecule has 0 aromatic heterocycles. The molecule has 4 heteroatoms. The van der Waals surface area contributed by atoms with Crippen molar-refractivity contribution in [1.29, 1.82) is 0 Å². The van der Waals surface area contributed by atoms with Crippen LogP contribution in [0.2, 0.25) is 0 Å². The number of hydrogen-bond donors (Lipinski definition) is 1. The van der Waals surface area contributed by atoms with Crippen LogP contribution in [-0.4, -0.2) is 34.6 Å². The number of halogens is 1. The minimum atomic E-state index is -0.526. The third-order valence-corrected chi connectivity index (χ3v) is 6.07. The fraction of sp³-hybridized carbons (Fsp3) is 0.588. The third-order valence-electron chi connectivity index (χ3n) is 5.21. The topological polar surface area (TPSA) is 40.5 Å². The third kappa shape index (κ3) is 2.76. The van der Waals surface area contributed by atoms with E-state index < -0.39 is 5.60 Å². The molecule has 0 radical (unpaired) electrons. The van der Waals surface area contributed by atoms with Crippen molar-refractivity contribution in [1.82, 2.24) is 4.90 Å². The van der Waals surface area contributed by atoms with Crippen LogP contribution in [0, 0.1) is 12.8 Å². The Morgan fingerprint density at radius 3 is 3.00 bits per heavy atom. The maximum absolute atomic E-state index is 12.8. The van der Waals surface area contributed by atoms with Crippen molar-refractivity contribution in [3.05, 3.63) is 33.8 Å². The molecule has 1 aromatic carbocycles. The Bertz CT molecular complexity index is 560.